The normalized spacial score (nSPS) is 42.3. The van der Waals surface area contributed by atoms with Crippen LogP contribution in [0.3, 0.4) is 0 Å². The van der Waals surface area contributed by atoms with E-state index in [1.165, 1.54) is 0 Å². The Morgan fingerprint density at radius 3 is 2.95 bits per heavy atom. The minimum atomic E-state index is -0.523. The summed E-state index contributed by atoms with van der Waals surface area (Å²) in [5.74, 6) is 0.658. The summed E-state index contributed by atoms with van der Waals surface area (Å²) in [5, 5.41) is 0. The highest BCUT2D eigenvalue weighted by Crippen LogP contribution is 2.64. The smallest absolute Gasteiger partial charge is 0.313 e. The van der Waals surface area contributed by atoms with Crippen molar-refractivity contribution in [3.63, 3.8) is 0 Å². The number of esters is 1. The molecule has 2 heterocycles. The molecular formula is C17H20O4. The van der Waals surface area contributed by atoms with Crippen LogP contribution in [0.4, 0.5) is 0 Å². The molecule has 3 fully saturated rings. The van der Waals surface area contributed by atoms with Crippen LogP contribution >= 0.6 is 0 Å². The van der Waals surface area contributed by atoms with Gasteiger partial charge in [0.1, 0.15) is 5.78 Å². The fraction of sp³-hybridized carbons (Fsp3) is 0.647. The van der Waals surface area contributed by atoms with Crippen molar-refractivity contribution in [1.29, 1.82) is 0 Å². The molecule has 112 valence electrons. The van der Waals surface area contributed by atoms with Crippen LogP contribution in [0.2, 0.25) is 0 Å². The fourth-order valence-corrected chi connectivity index (χ4v) is 5.28. The Hall–Kier alpha value is -1.58. The van der Waals surface area contributed by atoms with Crippen molar-refractivity contribution >= 4 is 11.8 Å². The molecule has 1 aliphatic heterocycles. The molecule has 1 aromatic heterocycles. The van der Waals surface area contributed by atoms with Gasteiger partial charge in [-0.3, -0.25) is 9.59 Å². The van der Waals surface area contributed by atoms with Gasteiger partial charge in [-0.1, -0.05) is 6.92 Å². The maximum absolute atomic E-state index is 12.7. The maximum atomic E-state index is 12.7. The van der Waals surface area contributed by atoms with Crippen LogP contribution in [-0.4, -0.2) is 18.4 Å². The molecule has 1 aromatic rings. The lowest BCUT2D eigenvalue weighted by Gasteiger charge is -2.38. The summed E-state index contributed by atoms with van der Waals surface area (Å²) >= 11 is 0. The summed E-state index contributed by atoms with van der Waals surface area (Å²) in [6, 6.07) is 1.93. The predicted molar refractivity (Wildman–Crippen MR) is 74.5 cm³/mol. The molecule has 21 heavy (non-hydrogen) atoms. The average molecular weight is 288 g/mol. The Bertz CT molecular complexity index is 576. The van der Waals surface area contributed by atoms with E-state index in [0.717, 1.165) is 24.8 Å². The third-order valence-corrected chi connectivity index (χ3v) is 6.13. The molecule has 2 saturated carbocycles. The fourth-order valence-electron chi connectivity index (χ4n) is 5.28. The van der Waals surface area contributed by atoms with E-state index in [0.29, 0.717) is 18.8 Å². The number of ether oxygens (including phenoxy) is 1. The van der Waals surface area contributed by atoms with E-state index < -0.39 is 5.41 Å². The zero-order chi connectivity index (χ0) is 14.6. The molecule has 0 amide bonds. The zero-order valence-electron chi connectivity index (χ0n) is 12.2. The molecule has 0 aromatic carbocycles. The summed E-state index contributed by atoms with van der Waals surface area (Å²) in [5.41, 5.74) is 0.510. The zero-order valence-corrected chi connectivity index (χ0v) is 12.2. The van der Waals surface area contributed by atoms with E-state index in [4.69, 9.17) is 9.15 Å². The van der Waals surface area contributed by atoms with Crippen molar-refractivity contribution in [2.75, 3.05) is 6.61 Å². The number of carbonyl (C=O) groups excluding carboxylic acids is 2. The molecule has 0 radical (unpaired) electrons. The van der Waals surface area contributed by atoms with Gasteiger partial charge in [0.05, 0.1) is 24.5 Å². The van der Waals surface area contributed by atoms with Gasteiger partial charge < -0.3 is 9.15 Å². The standard InChI is InChI=1S/C17H20O4/c1-10-7-12-13(3-2-4-15(12)18)17(10)14(9-21-16(17)19)11-5-6-20-8-11/h5-6,8,10,12-14H,2-4,7,9H2,1H3/t10-,12+,13+,14?,17-/m0/s1. The first-order chi connectivity index (χ1) is 10.2. The SMILES string of the molecule is C[C@H]1C[C@H]2C(=O)CCC[C@H]2[C@@]12C(=O)OCC2c1ccoc1. The largest absolute Gasteiger partial charge is 0.472 e. The van der Waals surface area contributed by atoms with E-state index in [9.17, 15) is 9.59 Å². The monoisotopic (exact) mass is 288 g/mol. The summed E-state index contributed by atoms with van der Waals surface area (Å²) < 4.78 is 10.7. The van der Waals surface area contributed by atoms with Gasteiger partial charge in [-0.15, -0.1) is 0 Å². The molecule has 1 spiro atoms. The Balaban J connectivity index is 1.82. The van der Waals surface area contributed by atoms with E-state index in [-0.39, 0.29) is 29.6 Å². The number of rotatable bonds is 1. The first-order valence-electron chi connectivity index (χ1n) is 7.87. The van der Waals surface area contributed by atoms with Gasteiger partial charge in [-0.05, 0) is 42.7 Å². The number of carbonyl (C=O) groups is 2. The summed E-state index contributed by atoms with van der Waals surface area (Å²) in [7, 11) is 0. The van der Waals surface area contributed by atoms with E-state index >= 15 is 0 Å². The predicted octanol–water partition coefficient (Wildman–Crippen LogP) is 2.93. The van der Waals surface area contributed by atoms with Crippen LogP contribution in [0.25, 0.3) is 0 Å². The lowest BCUT2D eigenvalue weighted by molar-refractivity contribution is -0.151. The second-order valence-corrected chi connectivity index (χ2v) is 6.85. The lowest BCUT2D eigenvalue weighted by atomic mass is 9.60. The molecule has 0 N–H and O–H groups in total. The minimum Gasteiger partial charge on any atom is -0.472 e. The molecule has 1 unspecified atom stereocenters. The first-order valence-corrected chi connectivity index (χ1v) is 7.87. The van der Waals surface area contributed by atoms with Crippen LogP contribution in [0.1, 0.15) is 44.1 Å². The highest BCUT2D eigenvalue weighted by Gasteiger charge is 2.67. The summed E-state index contributed by atoms with van der Waals surface area (Å²) in [6.45, 7) is 2.53. The van der Waals surface area contributed by atoms with Gasteiger partial charge in [-0.25, -0.2) is 0 Å². The van der Waals surface area contributed by atoms with Crippen molar-refractivity contribution in [2.45, 2.75) is 38.5 Å². The van der Waals surface area contributed by atoms with Crippen molar-refractivity contribution in [2.24, 2.45) is 23.2 Å². The molecule has 2 aliphatic carbocycles. The summed E-state index contributed by atoms with van der Waals surface area (Å²) in [4.78, 5) is 25.0. The van der Waals surface area contributed by atoms with Gasteiger partial charge in [0, 0.05) is 18.3 Å². The third-order valence-electron chi connectivity index (χ3n) is 6.13. The number of fused-ring (bicyclic) bond motifs is 2. The number of furan rings is 1. The highest BCUT2D eigenvalue weighted by molar-refractivity contribution is 5.88. The maximum Gasteiger partial charge on any atom is 0.313 e. The van der Waals surface area contributed by atoms with Gasteiger partial charge >= 0.3 is 5.97 Å². The van der Waals surface area contributed by atoms with Gasteiger partial charge in [-0.2, -0.15) is 0 Å². The van der Waals surface area contributed by atoms with Gasteiger partial charge in [0.15, 0.2) is 0 Å². The quantitative estimate of drug-likeness (QED) is 0.746. The average Bonchev–Trinajstić information content (AvgIpc) is 3.14. The number of hydrogen-bond acceptors (Lipinski definition) is 4. The molecule has 0 bridgehead atoms. The van der Waals surface area contributed by atoms with Crippen LogP contribution in [0.5, 0.6) is 0 Å². The van der Waals surface area contributed by atoms with Crippen molar-refractivity contribution in [3.8, 4) is 0 Å². The molecule has 4 nitrogen and oxygen atoms in total. The van der Waals surface area contributed by atoms with Crippen LogP contribution < -0.4 is 0 Å². The van der Waals surface area contributed by atoms with E-state index in [1.807, 2.05) is 6.07 Å². The molecular weight excluding hydrogens is 268 g/mol. The molecule has 1 saturated heterocycles. The van der Waals surface area contributed by atoms with Crippen molar-refractivity contribution in [1.82, 2.24) is 0 Å². The minimum absolute atomic E-state index is 0.0275. The van der Waals surface area contributed by atoms with Crippen LogP contribution in [0, 0.1) is 23.2 Å². The Kier molecular flexibility index (Phi) is 2.78. The molecule has 5 atom stereocenters. The number of hydrogen-bond donors (Lipinski definition) is 0. The second kappa shape index (κ2) is 4.46. The van der Waals surface area contributed by atoms with Crippen LogP contribution in [-0.2, 0) is 14.3 Å². The topological polar surface area (TPSA) is 56.5 Å². The first kappa shape index (κ1) is 13.1. The highest BCUT2D eigenvalue weighted by atomic mass is 16.5. The van der Waals surface area contributed by atoms with Gasteiger partial charge in [0.2, 0.25) is 0 Å². The third kappa shape index (κ3) is 1.56. The Morgan fingerprint density at radius 1 is 1.33 bits per heavy atom. The van der Waals surface area contributed by atoms with Gasteiger partial charge in [0.25, 0.3) is 0 Å². The second-order valence-electron chi connectivity index (χ2n) is 6.85. The van der Waals surface area contributed by atoms with E-state index in [1.54, 1.807) is 12.5 Å². The number of cyclic esters (lactones) is 1. The van der Waals surface area contributed by atoms with E-state index in [2.05, 4.69) is 6.92 Å². The Morgan fingerprint density at radius 2 is 2.19 bits per heavy atom. The summed E-state index contributed by atoms with van der Waals surface area (Å²) in [6.07, 6.45) is 6.74. The van der Waals surface area contributed by atoms with Crippen molar-refractivity contribution < 1.29 is 18.7 Å². The van der Waals surface area contributed by atoms with Crippen LogP contribution in [0.15, 0.2) is 23.0 Å². The number of ketones is 1. The lowest BCUT2D eigenvalue weighted by Crippen LogP contribution is -2.43. The molecule has 3 aliphatic rings. The van der Waals surface area contributed by atoms with Crippen molar-refractivity contribution in [3.05, 3.63) is 24.2 Å². The Labute approximate surface area is 123 Å². The molecule has 4 heteroatoms. The molecule has 4 rings (SSSR count). The number of Topliss-reactive ketones (excluding diaryl/α,β-unsaturated/α-hetero) is 1.